The van der Waals surface area contributed by atoms with Crippen LogP contribution in [-0.2, 0) is 11.2 Å². The van der Waals surface area contributed by atoms with E-state index in [0.29, 0.717) is 31.7 Å². The van der Waals surface area contributed by atoms with Crippen LogP contribution in [0.15, 0.2) is 24.3 Å². The number of nitrogens with zero attached hydrogens (tertiary/aromatic N) is 1. The van der Waals surface area contributed by atoms with E-state index in [4.69, 9.17) is 9.84 Å². The Bertz CT molecular complexity index is 458. The van der Waals surface area contributed by atoms with Gasteiger partial charge < -0.3 is 14.7 Å². The van der Waals surface area contributed by atoms with E-state index in [0.717, 1.165) is 12.0 Å². The van der Waals surface area contributed by atoms with Crippen molar-refractivity contribution >= 4 is 12.1 Å². The molecule has 0 aliphatic carbocycles. The molecule has 0 spiro atoms. The van der Waals surface area contributed by atoms with E-state index in [-0.39, 0.29) is 6.09 Å². The van der Waals surface area contributed by atoms with Crippen molar-refractivity contribution < 1.29 is 19.4 Å². The quantitative estimate of drug-likeness (QED) is 0.883. The molecule has 5 heteroatoms. The smallest absolute Gasteiger partial charge is 0.409 e. The lowest BCUT2D eigenvalue weighted by Gasteiger charge is -2.26. The highest BCUT2D eigenvalue weighted by molar-refractivity contribution is 5.89. The van der Waals surface area contributed by atoms with Gasteiger partial charge in [-0.2, -0.15) is 0 Å². The lowest BCUT2D eigenvalue weighted by molar-refractivity contribution is 0.0695. The Labute approximate surface area is 105 Å². The fourth-order valence-electron chi connectivity index (χ4n) is 2.00. The van der Waals surface area contributed by atoms with Crippen molar-refractivity contribution in [3.63, 3.8) is 0 Å². The number of carboxylic acids is 1. The number of cyclic esters (lactones) is 1. The summed E-state index contributed by atoms with van der Waals surface area (Å²) in [5.41, 5.74) is 1.03. The van der Waals surface area contributed by atoms with Gasteiger partial charge in [0.2, 0.25) is 0 Å². The zero-order chi connectivity index (χ0) is 13.0. The summed E-state index contributed by atoms with van der Waals surface area (Å²) >= 11 is 0. The first-order valence-corrected chi connectivity index (χ1v) is 5.91. The van der Waals surface area contributed by atoms with E-state index in [1.165, 1.54) is 0 Å². The number of hydrogen-bond acceptors (Lipinski definition) is 3. The first-order chi connectivity index (χ1) is 8.68. The number of carboxylic acid groups (broad SMARTS) is 1. The predicted octanol–water partition coefficient (Wildman–Crippen LogP) is 1.77. The van der Waals surface area contributed by atoms with Crippen LogP contribution in [0.4, 0.5) is 4.79 Å². The molecule has 1 fully saturated rings. The van der Waals surface area contributed by atoms with Crippen LogP contribution in [0, 0.1) is 0 Å². The first kappa shape index (κ1) is 12.4. The Hall–Kier alpha value is -2.04. The van der Waals surface area contributed by atoms with Gasteiger partial charge in [0, 0.05) is 13.1 Å². The van der Waals surface area contributed by atoms with E-state index < -0.39 is 5.97 Å². The number of rotatable bonds is 4. The van der Waals surface area contributed by atoms with Gasteiger partial charge >= 0.3 is 12.1 Å². The Morgan fingerprint density at radius 1 is 1.39 bits per heavy atom. The molecule has 1 aromatic carbocycles. The summed E-state index contributed by atoms with van der Waals surface area (Å²) in [5.74, 6) is -0.938. The fraction of sp³-hybridized carbons (Fsp3) is 0.385. The van der Waals surface area contributed by atoms with Crippen LogP contribution in [0.2, 0.25) is 0 Å². The summed E-state index contributed by atoms with van der Waals surface area (Å²) in [6.45, 7) is 1.64. The summed E-state index contributed by atoms with van der Waals surface area (Å²) in [5, 5.41) is 9.05. The van der Waals surface area contributed by atoms with Gasteiger partial charge in [0.1, 0.15) is 0 Å². The number of carbonyl (C=O) groups is 2. The number of ether oxygens (including phenoxy) is 1. The molecule has 0 unspecified atom stereocenters. The molecule has 0 radical (unpaired) electrons. The molecule has 1 heterocycles. The minimum absolute atomic E-state index is 0.294. The van der Waals surface area contributed by atoms with Crippen LogP contribution >= 0.6 is 0 Å². The number of hydrogen-bond donors (Lipinski definition) is 1. The van der Waals surface area contributed by atoms with Gasteiger partial charge in [-0.3, -0.25) is 0 Å². The second-order valence-corrected chi connectivity index (χ2v) is 4.17. The topological polar surface area (TPSA) is 66.8 Å². The molecular formula is C13H15NO4. The van der Waals surface area contributed by atoms with E-state index in [1.54, 1.807) is 29.2 Å². The van der Waals surface area contributed by atoms with E-state index >= 15 is 0 Å². The van der Waals surface area contributed by atoms with Gasteiger partial charge in [-0.05, 0) is 24.5 Å². The zero-order valence-electron chi connectivity index (χ0n) is 9.96. The highest BCUT2D eigenvalue weighted by Crippen LogP contribution is 2.12. The fourth-order valence-corrected chi connectivity index (χ4v) is 2.00. The summed E-state index contributed by atoms with van der Waals surface area (Å²) in [4.78, 5) is 24.1. The predicted molar refractivity (Wildman–Crippen MR) is 64.6 cm³/mol. The Balaban J connectivity index is 2.01. The molecule has 1 saturated heterocycles. The van der Waals surface area contributed by atoms with Crippen LogP contribution in [0.25, 0.3) is 0 Å². The molecule has 1 amide bonds. The molecule has 1 N–H and O–H groups in total. The Morgan fingerprint density at radius 3 is 2.89 bits per heavy atom. The molecule has 0 atom stereocenters. The van der Waals surface area contributed by atoms with Crippen molar-refractivity contribution in [1.29, 1.82) is 0 Å². The van der Waals surface area contributed by atoms with Gasteiger partial charge in [0.05, 0.1) is 12.2 Å². The highest BCUT2D eigenvalue weighted by Gasteiger charge is 2.19. The second-order valence-electron chi connectivity index (χ2n) is 4.17. The molecule has 96 valence electrons. The van der Waals surface area contributed by atoms with Gasteiger partial charge in [-0.1, -0.05) is 18.2 Å². The average molecular weight is 249 g/mol. The minimum Gasteiger partial charge on any atom is -0.478 e. The number of amides is 1. The normalized spacial score (nSPS) is 15.3. The van der Waals surface area contributed by atoms with Crippen molar-refractivity contribution in [3.8, 4) is 0 Å². The van der Waals surface area contributed by atoms with Crippen LogP contribution in [0.5, 0.6) is 0 Å². The Morgan fingerprint density at radius 2 is 2.17 bits per heavy atom. The Kier molecular flexibility index (Phi) is 3.82. The minimum atomic E-state index is -0.938. The lowest BCUT2D eigenvalue weighted by atomic mass is 10.0. The number of benzene rings is 1. The van der Waals surface area contributed by atoms with Crippen molar-refractivity contribution in [3.05, 3.63) is 35.4 Å². The molecule has 1 aromatic rings. The number of carbonyl (C=O) groups excluding carboxylic acids is 1. The van der Waals surface area contributed by atoms with Crippen molar-refractivity contribution in [1.82, 2.24) is 4.90 Å². The molecule has 0 saturated carbocycles. The summed E-state index contributed by atoms with van der Waals surface area (Å²) in [7, 11) is 0. The van der Waals surface area contributed by atoms with Crippen molar-refractivity contribution in [2.45, 2.75) is 12.8 Å². The van der Waals surface area contributed by atoms with Gasteiger partial charge in [-0.25, -0.2) is 9.59 Å². The molecule has 1 aliphatic heterocycles. The maximum absolute atomic E-state index is 11.4. The first-order valence-electron chi connectivity index (χ1n) is 5.91. The molecule has 0 aromatic heterocycles. The maximum Gasteiger partial charge on any atom is 0.409 e. The second kappa shape index (κ2) is 5.53. The van der Waals surface area contributed by atoms with E-state index in [2.05, 4.69) is 0 Å². The molecule has 18 heavy (non-hydrogen) atoms. The van der Waals surface area contributed by atoms with Gasteiger partial charge in [0.25, 0.3) is 0 Å². The van der Waals surface area contributed by atoms with Crippen LogP contribution in [0.3, 0.4) is 0 Å². The SMILES string of the molecule is O=C(O)c1ccccc1CCN1CCCOC1=O. The van der Waals surface area contributed by atoms with Crippen LogP contribution in [-0.4, -0.2) is 41.8 Å². The molecule has 0 bridgehead atoms. The average Bonchev–Trinajstić information content (AvgIpc) is 2.38. The third kappa shape index (κ3) is 2.80. The summed E-state index contributed by atoms with van der Waals surface area (Å²) in [6.07, 6.45) is 1.04. The lowest BCUT2D eigenvalue weighted by Crippen LogP contribution is -2.39. The van der Waals surface area contributed by atoms with E-state index in [9.17, 15) is 9.59 Å². The van der Waals surface area contributed by atoms with Gasteiger partial charge in [-0.15, -0.1) is 0 Å². The summed E-state index contributed by atoms with van der Waals surface area (Å²) in [6, 6.07) is 6.85. The third-order valence-corrected chi connectivity index (χ3v) is 2.95. The van der Waals surface area contributed by atoms with Gasteiger partial charge in [0.15, 0.2) is 0 Å². The van der Waals surface area contributed by atoms with E-state index in [1.807, 2.05) is 0 Å². The molecular weight excluding hydrogens is 234 g/mol. The van der Waals surface area contributed by atoms with Crippen LogP contribution in [0.1, 0.15) is 22.3 Å². The molecule has 1 aliphatic rings. The maximum atomic E-state index is 11.4. The third-order valence-electron chi connectivity index (χ3n) is 2.95. The molecule has 5 nitrogen and oxygen atoms in total. The van der Waals surface area contributed by atoms with Crippen molar-refractivity contribution in [2.24, 2.45) is 0 Å². The monoisotopic (exact) mass is 249 g/mol. The number of aromatic carboxylic acids is 1. The molecule has 2 rings (SSSR count). The summed E-state index contributed by atoms with van der Waals surface area (Å²) < 4.78 is 4.93. The van der Waals surface area contributed by atoms with Crippen LogP contribution < -0.4 is 0 Å². The zero-order valence-corrected chi connectivity index (χ0v) is 9.96. The standard InChI is InChI=1S/C13H15NO4/c15-12(16)11-5-2-1-4-10(11)6-8-14-7-3-9-18-13(14)17/h1-2,4-5H,3,6-9H2,(H,15,16). The van der Waals surface area contributed by atoms with Crippen molar-refractivity contribution in [2.75, 3.05) is 19.7 Å². The largest absolute Gasteiger partial charge is 0.478 e. The highest BCUT2D eigenvalue weighted by atomic mass is 16.6.